The summed E-state index contributed by atoms with van der Waals surface area (Å²) >= 11 is 3.44. The number of aromatic amines is 1. The number of nitrogens with zero attached hydrogens (tertiary/aromatic N) is 4. The molecule has 1 fully saturated rings. The average Bonchev–Trinajstić information content (AvgIpc) is 3.48. The van der Waals surface area contributed by atoms with E-state index in [1.807, 2.05) is 57.0 Å². The smallest absolute Gasteiger partial charge is 0.410 e. The lowest BCUT2D eigenvalue weighted by Crippen LogP contribution is -2.49. The number of H-pyrrole nitrogens is 1. The summed E-state index contributed by atoms with van der Waals surface area (Å²) in [7, 11) is 3.69. The molecule has 0 bridgehead atoms. The van der Waals surface area contributed by atoms with Crippen molar-refractivity contribution >= 4 is 38.8 Å². The van der Waals surface area contributed by atoms with Gasteiger partial charge in [0.05, 0.1) is 5.52 Å². The Hall–Kier alpha value is -2.98. The molecule has 0 radical (unpaired) electrons. The Kier molecular flexibility index (Phi) is 8.42. The van der Waals surface area contributed by atoms with Gasteiger partial charge >= 0.3 is 6.09 Å². The molecule has 1 unspecified atom stereocenters. The molecule has 1 aliphatic rings. The lowest BCUT2D eigenvalue weighted by atomic mass is 10.0. The van der Waals surface area contributed by atoms with E-state index in [2.05, 4.69) is 26.1 Å². The molecular weight excluding hydrogens is 553 g/mol. The molecule has 1 aromatic heterocycles. The fourth-order valence-electron chi connectivity index (χ4n) is 4.68. The third-order valence-electron chi connectivity index (χ3n) is 6.63. The van der Waals surface area contributed by atoms with Crippen molar-refractivity contribution in [3.05, 3.63) is 52.3 Å². The van der Waals surface area contributed by atoms with E-state index in [4.69, 9.17) is 4.74 Å². The van der Waals surface area contributed by atoms with Crippen molar-refractivity contribution in [1.82, 2.24) is 24.9 Å². The molecule has 1 atom stereocenters. The number of likely N-dealkylation sites (tertiary alicyclic amines) is 1. The topological polar surface area (TPSA) is 81.8 Å². The summed E-state index contributed by atoms with van der Waals surface area (Å²) in [6, 6.07) is 10.4. The van der Waals surface area contributed by atoms with E-state index in [0.29, 0.717) is 43.9 Å². The van der Waals surface area contributed by atoms with Crippen LogP contribution in [0.15, 0.2) is 40.9 Å². The number of nitrogens with one attached hydrogen (secondary N) is 1. The molecule has 2 heterocycles. The number of amides is 2. The number of benzene rings is 2. The van der Waals surface area contributed by atoms with Crippen LogP contribution in [0.2, 0.25) is 0 Å². The summed E-state index contributed by atoms with van der Waals surface area (Å²) in [5.41, 5.74) is 2.09. The van der Waals surface area contributed by atoms with Gasteiger partial charge in [0.1, 0.15) is 23.2 Å². The highest BCUT2D eigenvalue weighted by Gasteiger charge is 2.37. The molecule has 38 heavy (non-hydrogen) atoms. The Morgan fingerprint density at radius 1 is 1.18 bits per heavy atom. The van der Waals surface area contributed by atoms with Crippen LogP contribution in [0.4, 0.5) is 9.18 Å². The van der Waals surface area contributed by atoms with Gasteiger partial charge in [0.15, 0.2) is 0 Å². The summed E-state index contributed by atoms with van der Waals surface area (Å²) < 4.78 is 21.5. The van der Waals surface area contributed by atoms with Gasteiger partial charge in [-0.3, -0.25) is 14.8 Å². The summed E-state index contributed by atoms with van der Waals surface area (Å²) in [6.07, 6.45) is 0.961. The third-order valence-corrected chi connectivity index (χ3v) is 7.12. The van der Waals surface area contributed by atoms with Gasteiger partial charge in [0, 0.05) is 48.6 Å². The summed E-state index contributed by atoms with van der Waals surface area (Å²) in [6.45, 7) is 7.59. The lowest BCUT2D eigenvalue weighted by Gasteiger charge is -2.30. The number of hydrogen-bond donors (Lipinski definition) is 1. The van der Waals surface area contributed by atoms with Crippen LogP contribution in [0.5, 0.6) is 0 Å². The van der Waals surface area contributed by atoms with Crippen LogP contribution >= 0.6 is 15.9 Å². The molecule has 1 aliphatic heterocycles. The van der Waals surface area contributed by atoms with Gasteiger partial charge in [-0.1, -0.05) is 22.0 Å². The molecule has 10 heteroatoms. The largest absolute Gasteiger partial charge is 0.444 e. The number of ether oxygens (including phenoxy) is 1. The highest BCUT2D eigenvalue weighted by atomic mass is 79.9. The summed E-state index contributed by atoms with van der Waals surface area (Å²) in [4.78, 5) is 30.9. The Morgan fingerprint density at radius 3 is 2.66 bits per heavy atom. The number of rotatable bonds is 7. The molecule has 204 valence electrons. The van der Waals surface area contributed by atoms with Crippen molar-refractivity contribution < 1.29 is 18.7 Å². The molecule has 1 N–H and O–H groups in total. The van der Waals surface area contributed by atoms with Crippen LogP contribution in [0.1, 0.15) is 39.2 Å². The molecule has 1 saturated heterocycles. The second-order valence-electron chi connectivity index (χ2n) is 10.9. The Bertz CT molecular complexity index is 1320. The van der Waals surface area contributed by atoms with Crippen LogP contribution in [-0.4, -0.2) is 82.3 Å². The number of carbonyl (C=O) groups is 2. The number of carbonyl (C=O) groups excluding carboxylic acids is 2. The Labute approximate surface area is 231 Å². The van der Waals surface area contributed by atoms with Crippen molar-refractivity contribution in [2.75, 3.05) is 33.7 Å². The maximum absolute atomic E-state index is 15.1. The predicted octanol–water partition coefficient (Wildman–Crippen LogP) is 5.42. The number of likely N-dealkylation sites (N-methyl/N-ethyl adjacent to an activating group) is 2. The minimum absolute atomic E-state index is 0.0876. The summed E-state index contributed by atoms with van der Waals surface area (Å²) in [5.74, 6) is -0.418. The highest BCUT2D eigenvalue weighted by Crippen LogP contribution is 2.30. The molecule has 0 saturated carbocycles. The minimum Gasteiger partial charge on any atom is -0.444 e. The number of fused-ring (bicyclic) bond motifs is 1. The SMILES string of the molecule is CN(CCN(C)C(=O)C1CCCN1C(=O)OC(C)(C)C)Cc1ccc(-c2n[nH]c3cc(Br)ccc23)c(F)c1. The van der Waals surface area contributed by atoms with Gasteiger partial charge in [0.25, 0.3) is 0 Å². The van der Waals surface area contributed by atoms with Crippen LogP contribution in [-0.2, 0) is 16.1 Å². The third kappa shape index (κ3) is 6.53. The van der Waals surface area contributed by atoms with Gasteiger partial charge in [-0.25, -0.2) is 9.18 Å². The van der Waals surface area contributed by atoms with Crippen LogP contribution in [0.3, 0.4) is 0 Å². The van der Waals surface area contributed by atoms with E-state index >= 15 is 4.39 Å². The lowest BCUT2D eigenvalue weighted by molar-refractivity contribution is -0.134. The molecule has 4 rings (SSSR count). The number of hydrogen-bond acceptors (Lipinski definition) is 5. The zero-order valence-electron chi connectivity index (χ0n) is 22.6. The Morgan fingerprint density at radius 2 is 1.95 bits per heavy atom. The van der Waals surface area contributed by atoms with Gasteiger partial charge in [-0.05, 0) is 76.6 Å². The maximum atomic E-state index is 15.1. The van der Waals surface area contributed by atoms with Crippen LogP contribution in [0.25, 0.3) is 22.2 Å². The molecule has 8 nitrogen and oxygen atoms in total. The van der Waals surface area contributed by atoms with Gasteiger partial charge in [-0.15, -0.1) is 0 Å². The van der Waals surface area contributed by atoms with Gasteiger partial charge < -0.3 is 14.5 Å². The average molecular weight is 589 g/mol. The fraction of sp³-hybridized carbons (Fsp3) is 0.464. The fourth-order valence-corrected chi connectivity index (χ4v) is 5.05. The number of halogens is 2. The first kappa shape index (κ1) is 28.0. The van der Waals surface area contributed by atoms with E-state index in [1.54, 1.807) is 22.9 Å². The van der Waals surface area contributed by atoms with Crippen molar-refractivity contribution in [2.45, 2.75) is 51.8 Å². The standard InChI is InChI=1S/C28H35BrFN5O3/c1-28(2,3)38-27(37)35-12-6-7-24(35)26(36)34(5)14-13-33(4)17-18-8-10-20(22(30)15-18)25-21-11-9-19(29)16-23(21)31-32-25/h8-11,15-16,24H,6-7,12-14,17H2,1-5H3,(H,31,32). The second kappa shape index (κ2) is 11.4. The van der Waals surface area contributed by atoms with E-state index in [9.17, 15) is 9.59 Å². The van der Waals surface area contributed by atoms with Crippen molar-refractivity contribution in [3.63, 3.8) is 0 Å². The van der Waals surface area contributed by atoms with E-state index in [0.717, 1.165) is 27.4 Å². The van der Waals surface area contributed by atoms with E-state index < -0.39 is 17.7 Å². The highest BCUT2D eigenvalue weighted by molar-refractivity contribution is 9.10. The maximum Gasteiger partial charge on any atom is 0.410 e. The first-order valence-electron chi connectivity index (χ1n) is 12.8. The molecule has 2 amide bonds. The molecule has 2 aromatic carbocycles. The molecule has 0 aliphatic carbocycles. The van der Waals surface area contributed by atoms with Gasteiger partial charge in [0.2, 0.25) is 5.91 Å². The van der Waals surface area contributed by atoms with E-state index in [1.165, 1.54) is 6.07 Å². The molecule has 0 spiro atoms. The second-order valence-corrected chi connectivity index (χ2v) is 11.8. The van der Waals surface area contributed by atoms with Crippen LogP contribution in [0, 0.1) is 5.82 Å². The molecule has 3 aromatic rings. The zero-order chi connectivity index (χ0) is 27.6. The predicted molar refractivity (Wildman–Crippen MR) is 149 cm³/mol. The zero-order valence-corrected chi connectivity index (χ0v) is 24.1. The van der Waals surface area contributed by atoms with E-state index in [-0.39, 0.29) is 11.7 Å². The van der Waals surface area contributed by atoms with Crippen molar-refractivity contribution in [1.29, 1.82) is 0 Å². The monoisotopic (exact) mass is 587 g/mol. The summed E-state index contributed by atoms with van der Waals surface area (Å²) in [5, 5.41) is 8.14. The minimum atomic E-state index is -0.608. The molecular formula is C28H35BrFN5O3. The number of aromatic nitrogens is 2. The van der Waals surface area contributed by atoms with Crippen LogP contribution < -0.4 is 0 Å². The van der Waals surface area contributed by atoms with Crippen molar-refractivity contribution in [3.8, 4) is 11.3 Å². The Balaban J connectivity index is 1.33. The van der Waals surface area contributed by atoms with Gasteiger partial charge in [-0.2, -0.15) is 5.10 Å². The first-order chi connectivity index (χ1) is 17.9. The van der Waals surface area contributed by atoms with Crippen molar-refractivity contribution in [2.24, 2.45) is 0 Å². The quantitative estimate of drug-likeness (QED) is 0.399. The normalized spacial score (nSPS) is 15.9. The first-order valence-corrected chi connectivity index (χ1v) is 13.6.